The van der Waals surface area contributed by atoms with Crippen molar-refractivity contribution in [2.45, 2.75) is 0 Å². The van der Waals surface area contributed by atoms with Gasteiger partial charge < -0.3 is 5.11 Å². The molecule has 0 spiro atoms. The predicted octanol–water partition coefficient (Wildman–Crippen LogP) is 0.999. The normalized spacial score (nSPS) is 11.8. The standard InChI is InChI=1S/C9H10BrNO2/c10-8(6-12)5-7-3-1-2-4-9(7)11-13/h1-5,11-13H,6H2/p+1/b8-5+. The van der Waals surface area contributed by atoms with Crippen LogP contribution in [0.25, 0.3) is 6.08 Å². The van der Waals surface area contributed by atoms with Crippen molar-refractivity contribution in [1.29, 1.82) is 0 Å². The predicted molar refractivity (Wildman–Crippen MR) is 53.8 cm³/mol. The molecule has 70 valence electrons. The first-order valence-corrected chi connectivity index (χ1v) is 4.60. The molecule has 0 aliphatic carbocycles. The highest BCUT2D eigenvalue weighted by molar-refractivity contribution is 9.11. The molecular weight excluding hydrogens is 234 g/mol. The smallest absolute Gasteiger partial charge is 0.169 e. The minimum Gasteiger partial charge on any atom is -0.391 e. The van der Waals surface area contributed by atoms with Crippen molar-refractivity contribution in [3.05, 3.63) is 34.3 Å². The lowest BCUT2D eigenvalue weighted by molar-refractivity contribution is -0.825. The van der Waals surface area contributed by atoms with Crippen molar-refractivity contribution in [3.8, 4) is 0 Å². The third kappa shape index (κ3) is 2.93. The topological polar surface area (TPSA) is 57.1 Å². The van der Waals surface area contributed by atoms with Gasteiger partial charge in [0.15, 0.2) is 5.69 Å². The van der Waals surface area contributed by atoms with Crippen molar-refractivity contribution in [3.63, 3.8) is 0 Å². The van der Waals surface area contributed by atoms with Crippen LogP contribution in [-0.2, 0) is 0 Å². The summed E-state index contributed by atoms with van der Waals surface area (Å²) in [7, 11) is 0. The van der Waals surface area contributed by atoms with Crippen LogP contribution in [0.1, 0.15) is 5.56 Å². The van der Waals surface area contributed by atoms with Crippen molar-refractivity contribution >= 4 is 27.7 Å². The Morgan fingerprint density at radius 3 is 2.77 bits per heavy atom. The van der Waals surface area contributed by atoms with Gasteiger partial charge in [-0.05, 0) is 12.1 Å². The maximum Gasteiger partial charge on any atom is 0.169 e. The maximum absolute atomic E-state index is 8.87. The fourth-order valence-electron chi connectivity index (χ4n) is 0.974. The molecule has 1 aromatic rings. The number of para-hydroxylation sites is 1. The second kappa shape index (κ2) is 5.14. The Hall–Kier alpha value is -0.680. The Labute approximate surface area is 84.8 Å². The lowest BCUT2D eigenvalue weighted by atomic mass is 10.2. The third-order valence-electron chi connectivity index (χ3n) is 1.60. The first kappa shape index (κ1) is 10.4. The van der Waals surface area contributed by atoms with E-state index in [1.54, 1.807) is 12.1 Å². The van der Waals surface area contributed by atoms with Gasteiger partial charge in [0.2, 0.25) is 0 Å². The highest BCUT2D eigenvalue weighted by Gasteiger charge is 2.01. The van der Waals surface area contributed by atoms with Crippen LogP contribution in [0.3, 0.4) is 0 Å². The Bertz CT molecular complexity index is 312. The lowest BCUT2D eigenvalue weighted by Crippen LogP contribution is -2.74. The van der Waals surface area contributed by atoms with E-state index >= 15 is 0 Å². The molecule has 0 fully saturated rings. The highest BCUT2D eigenvalue weighted by Crippen LogP contribution is 2.16. The van der Waals surface area contributed by atoms with Gasteiger partial charge in [0.1, 0.15) is 0 Å². The summed E-state index contributed by atoms with van der Waals surface area (Å²) in [4.78, 5) is 0. The Morgan fingerprint density at radius 2 is 2.15 bits per heavy atom. The second-order valence-electron chi connectivity index (χ2n) is 2.51. The summed E-state index contributed by atoms with van der Waals surface area (Å²) in [5.74, 6) is 0. The third-order valence-corrected chi connectivity index (χ3v) is 2.08. The molecule has 0 radical (unpaired) electrons. The molecule has 0 saturated carbocycles. The number of aliphatic hydroxyl groups is 1. The van der Waals surface area contributed by atoms with Gasteiger partial charge in [-0.1, -0.05) is 28.1 Å². The van der Waals surface area contributed by atoms with E-state index in [4.69, 9.17) is 10.3 Å². The van der Waals surface area contributed by atoms with Gasteiger partial charge in [0.25, 0.3) is 0 Å². The molecular formula is C9H11BrNO2+. The quantitative estimate of drug-likeness (QED) is 0.549. The highest BCUT2D eigenvalue weighted by atomic mass is 79.9. The van der Waals surface area contributed by atoms with Crippen molar-refractivity contribution in [1.82, 2.24) is 0 Å². The van der Waals surface area contributed by atoms with Gasteiger partial charge in [-0.3, -0.25) is 0 Å². The Kier molecular flexibility index (Phi) is 4.11. The maximum atomic E-state index is 8.87. The summed E-state index contributed by atoms with van der Waals surface area (Å²) >= 11 is 3.19. The summed E-state index contributed by atoms with van der Waals surface area (Å²) in [6, 6.07) is 7.37. The van der Waals surface area contributed by atoms with E-state index in [9.17, 15) is 0 Å². The van der Waals surface area contributed by atoms with Gasteiger partial charge in [0, 0.05) is 16.1 Å². The van der Waals surface area contributed by atoms with E-state index in [0.29, 0.717) is 4.48 Å². The Balaban J connectivity index is 2.99. The number of hydrogen-bond acceptors (Lipinski definition) is 2. The van der Waals surface area contributed by atoms with E-state index in [1.807, 2.05) is 18.2 Å². The lowest BCUT2D eigenvalue weighted by Gasteiger charge is -1.98. The SMILES string of the molecule is OC/C(Br)=C\c1ccccc1[NH2+]O. The second-order valence-corrected chi connectivity index (χ2v) is 3.53. The number of quaternary nitrogens is 1. The van der Waals surface area contributed by atoms with E-state index in [2.05, 4.69) is 15.9 Å². The molecule has 0 atom stereocenters. The van der Waals surface area contributed by atoms with Crippen LogP contribution < -0.4 is 5.48 Å². The minimum atomic E-state index is -0.0419. The van der Waals surface area contributed by atoms with Crippen LogP contribution in [0, 0.1) is 0 Å². The molecule has 4 heteroatoms. The van der Waals surface area contributed by atoms with Crippen LogP contribution in [0.4, 0.5) is 5.69 Å². The first-order chi connectivity index (χ1) is 6.27. The molecule has 0 aliphatic rings. The van der Waals surface area contributed by atoms with Crippen molar-refractivity contribution in [2.24, 2.45) is 0 Å². The number of hydrogen-bond donors (Lipinski definition) is 3. The molecule has 1 rings (SSSR count). The fraction of sp³-hybridized carbons (Fsp3) is 0.111. The summed E-state index contributed by atoms with van der Waals surface area (Å²) in [6.45, 7) is -0.0419. The molecule has 0 bridgehead atoms. The number of nitrogens with two attached hydrogens (primary N) is 1. The zero-order valence-corrected chi connectivity index (χ0v) is 8.53. The number of benzene rings is 1. The zero-order chi connectivity index (χ0) is 9.68. The van der Waals surface area contributed by atoms with Gasteiger partial charge in [-0.15, -0.1) is 0 Å². The summed E-state index contributed by atoms with van der Waals surface area (Å²) in [5, 5.41) is 17.6. The molecule has 4 N–H and O–H groups in total. The molecule has 13 heavy (non-hydrogen) atoms. The molecule has 0 saturated heterocycles. The monoisotopic (exact) mass is 244 g/mol. The van der Waals surface area contributed by atoms with Crippen LogP contribution in [0.5, 0.6) is 0 Å². The van der Waals surface area contributed by atoms with Gasteiger partial charge >= 0.3 is 0 Å². The molecule has 0 amide bonds. The molecule has 1 aromatic carbocycles. The van der Waals surface area contributed by atoms with Gasteiger partial charge in [0.05, 0.1) is 6.61 Å². The van der Waals surface area contributed by atoms with E-state index in [-0.39, 0.29) is 6.61 Å². The largest absolute Gasteiger partial charge is 0.391 e. The molecule has 0 heterocycles. The van der Waals surface area contributed by atoms with Crippen molar-refractivity contribution in [2.75, 3.05) is 6.61 Å². The number of rotatable bonds is 3. The fourth-order valence-corrected chi connectivity index (χ4v) is 1.22. The summed E-state index contributed by atoms with van der Waals surface area (Å²) < 4.78 is 0.682. The molecule has 0 unspecified atom stereocenters. The number of aliphatic hydroxyl groups excluding tert-OH is 1. The zero-order valence-electron chi connectivity index (χ0n) is 6.94. The van der Waals surface area contributed by atoms with Crippen LogP contribution in [0.2, 0.25) is 0 Å². The average molecular weight is 245 g/mol. The van der Waals surface area contributed by atoms with Gasteiger partial charge in [-0.2, -0.15) is 5.48 Å². The van der Waals surface area contributed by atoms with Crippen LogP contribution in [0.15, 0.2) is 28.7 Å². The summed E-state index contributed by atoms with van der Waals surface area (Å²) in [6.07, 6.45) is 1.77. The summed E-state index contributed by atoms with van der Waals surface area (Å²) in [5.41, 5.74) is 2.64. The minimum absolute atomic E-state index is 0.0419. The van der Waals surface area contributed by atoms with E-state index in [0.717, 1.165) is 16.7 Å². The van der Waals surface area contributed by atoms with E-state index in [1.165, 1.54) is 0 Å². The molecule has 0 aliphatic heterocycles. The van der Waals surface area contributed by atoms with Crippen LogP contribution in [-0.4, -0.2) is 16.9 Å². The van der Waals surface area contributed by atoms with E-state index < -0.39 is 0 Å². The average Bonchev–Trinajstić information content (AvgIpc) is 2.18. The Morgan fingerprint density at radius 1 is 1.46 bits per heavy atom. The van der Waals surface area contributed by atoms with Crippen LogP contribution >= 0.6 is 15.9 Å². The number of halogens is 1. The first-order valence-electron chi connectivity index (χ1n) is 3.81. The van der Waals surface area contributed by atoms with Crippen molar-refractivity contribution < 1.29 is 15.8 Å². The molecule has 3 nitrogen and oxygen atoms in total. The van der Waals surface area contributed by atoms with Gasteiger partial charge in [-0.25, -0.2) is 5.21 Å². The molecule has 0 aromatic heterocycles.